The molecule has 0 amide bonds. The van der Waals surface area contributed by atoms with Crippen molar-refractivity contribution in [2.45, 2.75) is 13.3 Å². The zero-order valence-electron chi connectivity index (χ0n) is 9.60. The van der Waals surface area contributed by atoms with Gasteiger partial charge in [-0.15, -0.1) is 0 Å². The quantitative estimate of drug-likeness (QED) is 0.847. The van der Waals surface area contributed by atoms with Crippen LogP contribution < -0.4 is 5.32 Å². The number of aromatic nitrogens is 1. The number of aromatic carboxylic acids is 1. The Kier molecular flexibility index (Phi) is 3.23. The van der Waals surface area contributed by atoms with E-state index in [1.807, 2.05) is 25.1 Å². The lowest BCUT2D eigenvalue weighted by Gasteiger charge is -2.08. The minimum absolute atomic E-state index is 0.286. The molecule has 4 heteroatoms. The fourth-order valence-corrected chi connectivity index (χ4v) is 1.70. The average Bonchev–Trinajstić information content (AvgIpc) is 2.35. The first-order chi connectivity index (χ1) is 8.22. The number of carboxylic acids is 1. The third-order valence-corrected chi connectivity index (χ3v) is 2.50. The van der Waals surface area contributed by atoms with Crippen LogP contribution in [0.25, 0.3) is 10.9 Å². The van der Waals surface area contributed by atoms with Crippen LogP contribution in [0, 0.1) is 0 Å². The number of nitrogens with zero attached hydrogens (tertiary/aromatic N) is 1. The van der Waals surface area contributed by atoms with Crippen LogP contribution in [0.2, 0.25) is 0 Å². The van der Waals surface area contributed by atoms with Gasteiger partial charge in [0, 0.05) is 11.9 Å². The topological polar surface area (TPSA) is 62.2 Å². The van der Waals surface area contributed by atoms with Gasteiger partial charge in [0.05, 0.1) is 11.1 Å². The van der Waals surface area contributed by atoms with E-state index < -0.39 is 5.97 Å². The van der Waals surface area contributed by atoms with Gasteiger partial charge in [0.1, 0.15) is 5.82 Å². The maximum atomic E-state index is 11.2. The van der Waals surface area contributed by atoms with Crippen molar-refractivity contribution in [3.63, 3.8) is 0 Å². The van der Waals surface area contributed by atoms with Crippen molar-refractivity contribution in [3.05, 3.63) is 35.9 Å². The molecule has 0 saturated carbocycles. The molecule has 0 aliphatic heterocycles. The lowest BCUT2D eigenvalue weighted by atomic mass is 10.1. The van der Waals surface area contributed by atoms with Crippen LogP contribution in [-0.2, 0) is 0 Å². The standard InChI is InChI=1S/C13H14N2O2/c1-2-7-14-12-8-10(13(16)17)9-5-3-4-6-11(9)15-12/h3-6,8H,2,7H2,1H3,(H,14,15)(H,16,17). The molecular weight excluding hydrogens is 216 g/mol. The van der Waals surface area contributed by atoms with E-state index in [4.69, 9.17) is 0 Å². The van der Waals surface area contributed by atoms with Gasteiger partial charge in [-0.25, -0.2) is 9.78 Å². The SMILES string of the molecule is CCCNc1cc(C(=O)O)c2ccccc2n1. The van der Waals surface area contributed by atoms with E-state index in [-0.39, 0.29) is 5.56 Å². The van der Waals surface area contributed by atoms with Gasteiger partial charge in [0.2, 0.25) is 0 Å². The maximum Gasteiger partial charge on any atom is 0.336 e. The van der Waals surface area contributed by atoms with Crippen LogP contribution in [0.3, 0.4) is 0 Å². The van der Waals surface area contributed by atoms with Crippen molar-refractivity contribution < 1.29 is 9.90 Å². The van der Waals surface area contributed by atoms with Crippen molar-refractivity contribution in [2.24, 2.45) is 0 Å². The molecule has 0 aliphatic carbocycles. The number of benzene rings is 1. The Bertz CT molecular complexity index is 552. The van der Waals surface area contributed by atoms with E-state index in [1.54, 1.807) is 12.1 Å². The number of carboxylic acid groups (broad SMARTS) is 1. The highest BCUT2D eigenvalue weighted by Gasteiger charge is 2.10. The second-order valence-corrected chi connectivity index (χ2v) is 3.80. The highest BCUT2D eigenvalue weighted by Crippen LogP contribution is 2.20. The summed E-state index contributed by atoms with van der Waals surface area (Å²) in [5.74, 6) is -0.314. The van der Waals surface area contributed by atoms with Gasteiger partial charge in [-0.1, -0.05) is 25.1 Å². The predicted octanol–water partition coefficient (Wildman–Crippen LogP) is 2.75. The number of anilines is 1. The Morgan fingerprint density at radius 3 is 2.88 bits per heavy atom. The van der Waals surface area contributed by atoms with Crippen LogP contribution in [-0.4, -0.2) is 22.6 Å². The van der Waals surface area contributed by atoms with Crippen LogP contribution in [0.5, 0.6) is 0 Å². The fraction of sp³-hybridized carbons (Fsp3) is 0.231. The van der Waals surface area contributed by atoms with E-state index in [1.165, 1.54) is 0 Å². The van der Waals surface area contributed by atoms with E-state index in [0.717, 1.165) is 13.0 Å². The average molecular weight is 230 g/mol. The van der Waals surface area contributed by atoms with Gasteiger partial charge in [0.25, 0.3) is 0 Å². The summed E-state index contributed by atoms with van der Waals surface area (Å²) in [6, 6.07) is 8.84. The molecular formula is C13H14N2O2. The third-order valence-electron chi connectivity index (χ3n) is 2.50. The Hall–Kier alpha value is -2.10. The minimum Gasteiger partial charge on any atom is -0.478 e. The van der Waals surface area contributed by atoms with E-state index in [2.05, 4.69) is 10.3 Å². The molecule has 17 heavy (non-hydrogen) atoms. The lowest BCUT2D eigenvalue weighted by Crippen LogP contribution is -2.05. The summed E-state index contributed by atoms with van der Waals surface area (Å²) in [7, 11) is 0. The van der Waals surface area contributed by atoms with Crippen LogP contribution in [0.15, 0.2) is 30.3 Å². The zero-order valence-corrected chi connectivity index (χ0v) is 9.60. The number of fused-ring (bicyclic) bond motifs is 1. The number of pyridine rings is 1. The Morgan fingerprint density at radius 2 is 2.18 bits per heavy atom. The first-order valence-electron chi connectivity index (χ1n) is 5.59. The van der Waals surface area contributed by atoms with Crippen LogP contribution in [0.1, 0.15) is 23.7 Å². The first-order valence-corrected chi connectivity index (χ1v) is 5.59. The minimum atomic E-state index is -0.928. The second kappa shape index (κ2) is 4.82. The highest BCUT2D eigenvalue weighted by atomic mass is 16.4. The Labute approximate surface area is 99.3 Å². The number of para-hydroxylation sites is 1. The third kappa shape index (κ3) is 2.36. The van der Waals surface area contributed by atoms with E-state index in [0.29, 0.717) is 16.7 Å². The van der Waals surface area contributed by atoms with Gasteiger partial charge in [0.15, 0.2) is 0 Å². The zero-order chi connectivity index (χ0) is 12.3. The molecule has 2 aromatic rings. The summed E-state index contributed by atoms with van der Waals surface area (Å²) in [4.78, 5) is 15.6. The van der Waals surface area contributed by atoms with Crippen molar-refractivity contribution in [1.82, 2.24) is 4.98 Å². The fourth-order valence-electron chi connectivity index (χ4n) is 1.70. The highest BCUT2D eigenvalue weighted by molar-refractivity contribution is 6.03. The van der Waals surface area contributed by atoms with E-state index in [9.17, 15) is 9.90 Å². The lowest BCUT2D eigenvalue weighted by molar-refractivity contribution is 0.0699. The van der Waals surface area contributed by atoms with Crippen LogP contribution >= 0.6 is 0 Å². The van der Waals surface area contributed by atoms with Crippen molar-refractivity contribution >= 4 is 22.7 Å². The van der Waals surface area contributed by atoms with Crippen LogP contribution in [0.4, 0.5) is 5.82 Å². The molecule has 0 bridgehead atoms. The van der Waals surface area contributed by atoms with Gasteiger partial charge in [-0.2, -0.15) is 0 Å². The summed E-state index contributed by atoms with van der Waals surface area (Å²) < 4.78 is 0. The van der Waals surface area contributed by atoms with Crippen molar-refractivity contribution in [1.29, 1.82) is 0 Å². The Balaban J connectivity index is 2.55. The molecule has 0 aliphatic rings. The summed E-state index contributed by atoms with van der Waals surface area (Å²) in [6.45, 7) is 2.83. The largest absolute Gasteiger partial charge is 0.478 e. The number of nitrogens with one attached hydrogen (secondary N) is 1. The van der Waals surface area contributed by atoms with Crippen molar-refractivity contribution in [3.8, 4) is 0 Å². The number of carbonyl (C=O) groups is 1. The van der Waals surface area contributed by atoms with Gasteiger partial charge in [-0.05, 0) is 18.6 Å². The molecule has 0 spiro atoms. The molecule has 0 radical (unpaired) electrons. The molecule has 0 atom stereocenters. The molecule has 2 N–H and O–H groups in total. The molecule has 1 heterocycles. The summed E-state index contributed by atoms with van der Waals surface area (Å²) in [5, 5.41) is 13.0. The molecule has 4 nitrogen and oxygen atoms in total. The monoisotopic (exact) mass is 230 g/mol. The first kappa shape index (κ1) is 11.4. The molecule has 2 rings (SSSR count). The number of rotatable bonds is 4. The maximum absolute atomic E-state index is 11.2. The normalized spacial score (nSPS) is 10.4. The molecule has 0 fully saturated rings. The van der Waals surface area contributed by atoms with Gasteiger partial charge in [-0.3, -0.25) is 0 Å². The van der Waals surface area contributed by atoms with E-state index >= 15 is 0 Å². The molecule has 0 saturated heterocycles. The smallest absolute Gasteiger partial charge is 0.336 e. The number of hydrogen-bond acceptors (Lipinski definition) is 3. The summed E-state index contributed by atoms with van der Waals surface area (Å²) in [5.41, 5.74) is 0.986. The van der Waals surface area contributed by atoms with Gasteiger partial charge < -0.3 is 10.4 Å². The number of hydrogen-bond donors (Lipinski definition) is 2. The summed E-state index contributed by atoms with van der Waals surface area (Å²) >= 11 is 0. The molecule has 88 valence electrons. The second-order valence-electron chi connectivity index (χ2n) is 3.80. The molecule has 1 aromatic carbocycles. The Morgan fingerprint density at radius 1 is 1.41 bits per heavy atom. The molecule has 0 unspecified atom stereocenters. The van der Waals surface area contributed by atoms with Crippen molar-refractivity contribution in [2.75, 3.05) is 11.9 Å². The van der Waals surface area contributed by atoms with Gasteiger partial charge >= 0.3 is 5.97 Å². The predicted molar refractivity (Wildman–Crippen MR) is 67.5 cm³/mol. The summed E-state index contributed by atoms with van der Waals surface area (Å²) in [6.07, 6.45) is 0.969. The molecule has 1 aromatic heterocycles.